The molecule has 0 saturated carbocycles. The molecule has 0 fully saturated rings. The minimum Gasteiger partial charge on any atom is -0.496 e. The summed E-state index contributed by atoms with van der Waals surface area (Å²) in [5.74, 6) is -0.0141. The molecule has 0 saturated heterocycles. The molecule has 1 rings (SSSR count). The number of hydrogen-bond donors (Lipinski definition) is 1. The van der Waals surface area contributed by atoms with E-state index in [1.165, 1.54) is 7.11 Å². The van der Waals surface area contributed by atoms with Gasteiger partial charge in [-0.3, -0.25) is 0 Å². The highest BCUT2D eigenvalue weighted by molar-refractivity contribution is 5.93. The third kappa shape index (κ3) is 4.44. The predicted octanol–water partition coefficient (Wildman–Crippen LogP) is 2.25. The molecule has 5 nitrogen and oxygen atoms in total. The summed E-state index contributed by atoms with van der Waals surface area (Å²) in [7, 11) is 3.12. The third-order valence-corrected chi connectivity index (χ3v) is 2.94. The van der Waals surface area contributed by atoms with Gasteiger partial charge in [0, 0.05) is 25.3 Å². The zero-order chi connectivity index (χ0) is 14.5. The van der Waals surface area contributed by atoms with Gasteiger partial charge in [-0.1, -0.05) is 0 Å². The van der Waals surface area contributed by atoms with Crippen molar-refractivity contribution in [1.29, 1.82) is 0 Å². The van der Waals surface area contributed by atoms with E-state index in [9.17, 15) is 4.79 Å². The van der Waals surface area contributed by atoms with E-state index in [4.69, 9.17) is 19.9 Å². The monoisotopic (exact) mass is 267 g/mol. The second kappa shape index (κ2) is 6.43. The summed E-state index contributed by atoms with van der Waals surface area (Å²) in [5, 5.41) is 0. The maximum atomic E-state index is 11.9. The Hall–Kier alpha value is -1.75. The van der Waals surface area contributed by atoms with Crippen LogP contribution in [0.15, 0.2) is 18.2 Å². The van der Waals surface area contributed by atoms with E-state index in [0.717, 1.165) is 0 Å². The van der Waals surface area contributed by atoms with Crippen LogP contribution < -0.4 is 10.5 Å². The van der Waals surface area contributed by atoms with Gasteiger partial charge in [0.2, 0.25) is 0 Å². The van der Waals surface area contributed by atoms with Crippen molar-refractivity contribution in [2.45, 2.75) is 25.9 Å². The minimum atomic E-state index is -0.427. The van der Waals surface area contributed by atoms with Gasteiger partial charge in [-0.15, -0.1) is 0 Å². The molecule has 0 radical (unpaired) electrons. The number of esters is 1. The fourth-order valence-electron chi connectivity index (χ4n) is 1.45. The Morgan fingerprint density at radius 3 is 2.58 bits per heavy atom. The topological polar surface area (TPSA) is 70.8 Å². The molecule has 0 aliphatic heterocycles. The second-order valence-corrected chi connectivity index (χ2v) is 4.81. The van der Waals surface area contributed by atoms with Crippen LogP contribution in [0.1, 0.15) is 30.6 Å². The van der Waals surface area contributed by atoms with E-state index in [2.05, 4.69) is 0 Å². The summed E-state index contributed by atoms with van der Waals surface area (Å²) >= 11 is 0. The van der Waals surface area contributed by atoms with E-state index in [-0.39, 0.29) is 12.2 Å². The molecular formula is C14H21NO4. The van der Waals surface area contributed by atoms with Crippen LogP contribution >= 0.6 is 0 Å². The van der Waals surface area contributed by atoms with E-state index in [1.807, 2.05) is 13.8 Å². The van der Waals surface area contributed by atoms with Crippen molar-refractivity contribution < 1.29 is 19.0 Å². The van der Waals surface area contributed by atoms with Crippen LogP contribution in [0.5, 0.6) is 5.75 Å². The molecule has 1 aromatic rings. The molecule has 106 valence electrons. The predicted molar refractivity (Wildman–Crippen MR) is 73.4 cm³/mol. The fourth-order valence-corrected chi connectivity index (χ4v) is 1.45. The highest BCUT2D eigenvalue weighted by Crippen LogP contribution is 2.22. The van der Waals surface area contributed by atoms with Crippen LogP contribution in [0.4, 0.5) is 5.69 Å². The first kappa shape index (κ1) is 15.3. The number of ether oxygens (including phenoxy) is 3. The lowest BCUT2D eigenvalue weighted by molar-refractivity contribution is -0.00569. The van der Waals surface area contributed by atoms with E-state index in [0.29, 0.717) is 23.4 Å². The SMILES string of the molecule is COc1cc(N)ccc1C(=O)OCCC(C)(C)OC. The van der Waals surface area contributed by atoms with Crippen molar-refractivity contribution in [2.24, 2.45) is 0 Å². The smallest absolute Gasteiger partial charge is 0.341 e. The van der Waals surface area contributed by atoms with Gasteiger partial charge < -0.3 is 19.9 Å². The Balaban J connectivity index is 2.64. The van der Waals surface area contributed by atoms with E-state index < -0.39 is 5.97 Å². The number of rotatable bonds is 6. The Morgan fingerprint density at radius 2 is 2.00 bits per heavy atom. The normalized spacial score (nSPS) is 11.2. The molecule has 0 unspecified atom stereocenters. The fraction of sp³-hybridized carbons (Fsp3) is 0.500. The number of anilines is 1. The summed E-state index contributed by atoms with van der Waals surface area (Å²) in [4.78, 5) is 11.9. The molecule has 2 N–H and O–H groups in total. The molecule has 0 atom stereocenters. The average molecular weight is 267 g/mol. The largest absolute Gasteiger partial charge is 0.496 e. The van der Waals surface area contributed by atoms with Gasteiger partial charge in [-0.2, -0.15) is 0 Å². The van der Waals surface area contributed by atoms with Gasteiger partial charge in [-0.05, 0) is 26.0 Å². The number of carbonyl (C=O) groups excluding carboxylic acids is 1. The second-order valence-electron chi connectivity index (χ2n) is 4.81. The zero-order valence-corrected chi connectivity index (χ0v) is 11.9. The van der Waals surface area contributed by atoms with E-state index >= 15 is 0 Å². The van der Waals surface area contributed by atoms with Crippen LogP contribution in [0.2, 0.25) is 0 Å². The summed E-state index contributed by atoms with van der Waals surface area (Å²) in [6.07, 6.45) is 0.618. The minimum absolute atomic E-state index is 0.285. The first-order valence-electron chi connectivity index (χ1n) is 6.05. The van der Waals surface area contributed by atoms with Gasteiger partial charge in [0.15, 0.2) is 0 Å². The lowest BCUT2D eigenvalue weighted by Gasteiger charge is -2.22. The number of carbonyl (C=O) groups is 1. The number of benzene rings is 1. The van der Waals surface area contributed by atoms with Crippen LogP contribution in [-0.4, -0.2) is 32.4 Å². The first-order valence-corrected chi connectivity index (χ1v) is 6.05. The summed E-state index contributed by atoms with van der Waals surface area (Å²) in [5.41, 5.74) is 6.22. The maximum absolute atomic E-state index is 11.9. The molecule has 0 heterocycles. The van der Waals surface area contributed by atoms with Crippen LogP contribution in [0.3, 0.4) is 0 Å². The van der Waals surface area contributed by atoms with Gasteiger partial charge in [0.1, 0.15) is 11.3 Å². The Labute approximate surface area is 113 Å². The van der Waals surface area contributed by atoms with Crippen molar-refractivity contribution >= 4 is 11.7 Å². The third-order valence-electron chi connectivity index (χ3n) is 2.94. The zero-order valence-electron chi connectivity index (χ0n) is 11.9. The van der Waals surface area contributed by atoms with Gasteiger partial charge >= 0.3 is 5.97 Å². The summed E-state index contributed by atoms with van der Waals surface area (Å²) < 4.78 is 15.6. The summed E-state index contributed by atoms with van der Waals surface area (Å²) in [6.45, 7) is 4.16. The van der Waals surface area contributed by atoms with Crippen LogP contribution in [-0.2, 0) is 9.47 Å². The van der Waals surface area contributed by atoms with Crippen molar-refractivity contribution in [3.8, 4) is 5.75 Å². The molecule has 0 aromatic heterocycles. The first-order chi connectivity index (χ1) is 8.89. The average Bonchev–Trinajstić information content (AvgIpc) is 2.38. The molecule has 0 bridgehead atoms. The van der Waals surface area contributed by atoms with Gasteiger partial charge in [0.05, 0.1) is 19.3 Å². The molecule has 0 spiro atoms. The Kier molecular flexibility index (Phi) is 5.18. The number of methoxy groups -OCH3 is 2. The van der Waals surface area contributed by atoms with Crippen LogP contribution in [0.25, 0.3) is 0 Å². The lowest BCUT2D eigenvalue weighted by atomic mass is 10.1. The quantitative estimate of drug-likeness (QED) is 0.632. The highest BCUT2D eigenvalue weighted by Gasteiger charge is 2.19. The van der Waals surface area contributed by atoms with Crippen molar-refractivity contribution in [1.82, 2.24) is 0 Å². The molecule has 19 heavy (non-hydrogen) atoms. The molecule has 0 amide bonds. The Bertz CT molecular complexity index is 443. The van der Waals surface area contributed by atoms with Gasteiger partial charge in [-0.25, -0.2) is 4.79 Å². The van der Waals surface area contributed by atoms with E-state index in [1.54, 1.807) is 25.3 Å². The number of nitrogens with two attached hydrogens (primary N) is 1. The van der Waals surface area contributed by atoms with Gasteiger partial charge in [0.25, 0.3) is 0 Å². The molecule has 1 aromatic carbocycles. The molecular weight excluding hydrogens is 246 g/mol. The number of hydrogen-bond acceptors (Lipinski definition) is 5. The molecule has 0 aliphatic rings. The van der Waals surface area contributed by atoms with Crippen molar-refractivity contribution in [2.75, 3.05) is 26.6 Å². The maximum Gasteiger partial charge on any atom is 0.341 e. The standard InChI is InChI=1S/C14H21NO4/c1-14(2,18-4)7-8-19-13(16)11-6-5-10(15)9-12(11)17-3/h5-6,9H,7-8,15H2,1-4H3. The molecule has 0 aliphatic carbocycles. The highest BCUT2D eigenvalue weighted by atomic mass is 16.5. The lowest BCUT2D eigenvalue weighted by Crippen LogP contribution is -2.25. The number of nitrogen functional groups attached to an aromatic ring is 1. The Morgan fingerprint density at radius 1 is 1.32 bits per heavy atom. The summed E-state index contributed by atoms with van der Waals surface area (Å²) in [6, 6.07) is 4.83. The molecule has 5 heteroatoms. The van der Waals surface area contributed by atoms with Crippen molar-refractivity contribution in [3.63, 3.8) is 0 Å². The van der Waals surface area contributed by atoms with Crippen LogP contribution in [0, 0.1) is 0 Å². The van der Waals surface area contributed by atoms with Crippen molar-refractivity contribution in [3.05, 3.63) is 23.8 Å².